The molecule has 0 spiro atoms. The van der Waals surface area contributed by atoms with E-state index in [0.717, 1.165) is 38.5 Å². The first-order valence-corrected chi connectivity index (χ1v) is 19.2. The topological polar surface area (TPSA) is 155 Å². The zero-order valence-corrected chi connectivity index (χ0v) is 34.6. The van der Waals surface area contributed by atoms with Gasteiger partial charge in [-0.15, -0.1) is 0 Å². The van der Waals surface area contributed by atoms with Crippen molar-refractivity contribution < 1.29 is 94.6 Å². The fourth-order valence-corrected chi connectivity index (χ4v) is 5.30. The van der Waals surface area contributed by atoms with Crippen molar-refractivity contribution in [3.63, 3.8) is 0 Å². The van der Waals surface area contributed by atoms with Gasteiger partial charge >= 0.3 is 59.1 Å². The van der Waals surface area contributed by atoms with Crippen LogP contribution < -0.4 is 59.1 Å². The van der Waals surface area contributed by atoms with E-state index in [2.05, 4.69) is 13.8 Å². The predicted octanol–water partition coefficient (Wildman–Crippen LogP) is -0.170. The molecule has 0 saturated heterocycles. The van der Waals surface area contributed by atoms with Crippen molar-refractivity contribution in [3.05, 3.63) is 0 Å². The first-order chi connectivity index (χ1) is 19.7. The van der Waals surface area contributed by atoms with Crippen LogP contribution in [-0.4, -0.2) is 86.2 Å². The summed E-state index contributed by atoms with van der Waals surface area (Å²) in [6, 6.07) is 0. The van der Waals surface area contributed by atoms with Crippen LogP contribution >= 0.6 is 0 Å². The normalized spacial score (nSPS) is 11.0. The monoisotopic (exact) mass is 686 g/mol. The Labute approximate surface area is 314 Å². The third-order valence-corrected chi connectivity index (χ3v) is 8.56. The van der Waals surface area contributed by atoms with E-state index < -0.39 is 31.7 Å². The van der Waals surface area contributed by atoms with Gasteiger partial charge in [0.2, 0.25) is 11.8 Å². The van der Waals surface area contributed by atoms with Gasteiger partial charge in [-0.25, -0.2) is 16.8 Å². The van der Waals surface area contributed by atoms with Crippen molar-refractivity contribution in [2.24, 2.45) is 0 Å². The molecule has 0 aliphatic rings. The zero-order valence-electron chi connectivity index (χ0n) is 28.9. The molecule has 0 rings (SSSR count). The Balaban J connectivity index is -0.000000348. The number of unbranched alkanes of at least 4 members (excludes halogenated alkanes) is 16. The van der Waals surface area contributed by atoms with Crippen LogP contribution in [0.4, 0.5) is 0 Å². The number of carbonyl (C=O) groups excluding carboxylic acids is 2. The summed E-state index contributed by atoms with van der Waals surface area (Å²) in [6.07, 6.45) is 22.3. The summed E-state index contributed by atoms with van der Waals surface area (Å²) in [5.41, 5.74) is 0. The largest absolute Gasteiger partial charge is 1.00 e. The third-order valence-electron chi connectivity index (χ3n) is 7.19. The molecule has 0 bridgehead atoms. The van der Waals surface area contributed by atoms with Crippen molar-refractivity contribution in [2.45, 2.75) is 142 Å². The molecule has 44 heavy (non-hydrogen) atoms. The Bertz CT molecular complexity index is 819. The van der Waals surface area contributed by atoms with Crippen LogP contribution in [0, 0.1) is 0 Å². The van der Waals surface area contributed by atoms with E-state index in [-0.39, 0.29) is 84.0 Å². The number of nitrogens with zero attached hydrogens (tertiary/aromatic N) is 2. The molecule has 0 aromatic carbocycles. The van der Waals surface area contributed by atoms with Gasteiger partial charge < -0.3 is 18.9 Å². The molecule has 2 amide bonds. The van der Waals surface area contributed by atoms with Crippen molar-refractivity contribution in [3.8, 4) is 0 Å². The van der Waals surface area contributed by atoms with Gasteiger partial charge in [0.25, 0.3) is 0 Å². The van der Waals surface area contributed by atoms with Gasteiger partial charge in [-0.1, -0.05) is 117 Å². The minimum Gasteiger partial charge on any atom is -0.748 e. The van der Waals surface area contributed by atoms with Gasteiger partial charge in [-0.3, -0.25) is 9.59 Å². The summed E-state index contributed by atoms with van der Waals surface area (Å²) >= 11 is 0. The standard InChI is InChI=1S/2C15H31NO4S.2Na/c2*1-3-4-5-6-7-8-9-10-11-12-15(17)16(2)13-14-21(18,19)20;;/h2*3-14H2,1-2H3,(H,18,19,20);;/q;;2*+1/p-2. The average molecular weight is 687 g/mol. The van der Waals surface area contributed by atoms with Crippen molar-refractivity contribution in [1.29, 1.82) is 0 Å². The summed E-state index contributed by atoms with van der Waals surface area (Å²) in [4.78, 5) is 26.1. The molecule has 0 aromatic heterocycles. The number of rotatable bonds is 26. The van der Waals surface area contributed by atoms with Crippen LogP contribution in [0.25, 0.3) is 0 Å². The summed E-state index contributed by atoms with van der Waals surface area (Å²) in [6.45, 7) is 4.39. The molecular weight excluding hydrogens is 626 g/mol. The molecule has 0 unspecified atom stereocenters. The van der Waals surface area contributed by atoms with Crippen LogP contribution in [0.5, 0.6) is 0 Å². The minimum absolute atomic E-state index is 0. The molecule has 0 fully saturated rings. The third kappa shape index (κ3) is 40.8. The predicted molar refractivity (Wildman–Crippen MR) is 168 cm³/mol. The first-order valence-electron chi connectivity index (χ1n) is 16.1. The number of hydrogen-bond donors (Lipinski definition) is 0. The SMILES string of the molecule is CCCCCCCCCCCC(=O)N(C)CCS(=O)(=O)[O-].CCCCCCCCCCCC(=O)N(C)CCS(=O)(=O)[O-].[Na+].[Na+]. The molecule has 0 aliphatic carbocycles. The maximum absolute atomic E-state index is 11.7. The van der Waals surface area contributed by atoms with Gasteiger partial charge in [0.15, 0.2) is 0 Å². The molecule has 252 valence electrons. The van der Waals surface area contributed by atoms with Gasteiger partial charge in [0.1, 0.15) is 0 Å². The summed E-state index contributed by atoms with van der Waals surface area (Å²) in [5, 5.41) is 0. The van der Waals surface area contributed by atoms with E-state index in [1.165, 1.54) is 86.8 Å². The number of amides is 2. The van der Waals surface area contributed by atoms with E-state index in [1.807, 2.05) is 0 Å². The second-order valence-electron chi connectivity index (χ2n) is 11.3. The van der Waals surface area contributed by atoms with E-state index in [1.54, 1.807) is 14.1 Å². The molecule has 0 aromatic rings. The van der Waals surface area contributed by atoms with Gasteiger partial charge in [-0.2, -0.15) is 0 Å². The van der Waals surface area contributed by atoms with E-state index >= 15 is 0 Å². The molecule has 0 N–H and O–H groups in total. The van der Waals surface area contributed by atoms with Crippen molar-refractivity contribution >= 4 is 32.1 Å². The smallest absolute Gasteiger partial charge is 0.748 e. The fraction of sp³-hybridized carbons (Fsp3) is 0.933. The van der Waals surface area contributed by atoms with Crippen LogP contribution in [0.15, 0.2) is 0 Å². The van der Waals surface area contributed by atoms with Crippen LogP contribution in [0.3, 0.4) is 0 Å². The zero-order chi connectivity index (χ0) is 32.3. The van der Waals surface area contributed by atoms with Crippen LogP contribution in [0.2, 0.25) is 0 Å². The average Bonchev–Trinajstić information content (AvgIpc) is 2.92. The second kappa shape index (κ2) is 33.7. The van der Waals surface area contributed by atoms with Gasteiger partial charge in [0.05, 0.1) is 31.7 Å². The van der Waals surface area contributed by atoms with Crippen LogP contribution in [0.1, 0.15) is 142 Å². The molecule has 0 radical (unpaired) electrons. The molecule has 0 heterocycles. The van der Waals surface area contributed by atoms with Gasteiger partial charge in [0, 0.05) is 40.0 Å². The number of carbonyl (C=O) groups is 2. The Morgan fingerprint density at radius 1 is 0.477 bits per heavy atom. The number of hydrogen-bond acceptors (Lipinski definition) is 8. The molecule has 0 atom stereocenters. The minimum atomic E-state index is -4.24. The van der Waals surface area contributed by atoms with E-state index in [0.29, 0.717) is 12.8 Å². The van der Waals surface area contributed by atoms with Crippen LogP contribution in [-0.2, 0) is 29.8 Å². The van der Waals surface area contributed by atoms with Gasteiger partial charge in [-0.05, 0) is 12.8 Å². The van der Waals surface area contributed by atoms with Crippen molar-refractivity contribution in [1.82, 2.24) is 9.80 Å². The van der Waals surface area contributed by atoms with E-state index in [9.17, 15) is 35.5 Å². The Morgan fingerprint density at radius 2 is 0.705 bits per heavy atom. The Hall–Kier alpha value is 0.760. The second-order valence-corrected chi connectivity index (χ2v) is 14.4. The summed E-state index contributed by atoms with van der Waals surface area (Å²) in [5.74, 6) is -1.18. The molecular formula is C30H60N2Na2O8S2. The molecule has 0 aliphatic heterocycles. The molecule has 0 saturated carbocycles. The first kappa shape index (κ1) is 51.6. The summed E-state index contributed by atoms with van der Waals surface area (Å²) in [7, 11) is -5.39. The van der Waals surface area contributed by atoms with Crippen molar-refractivity contribution in [2.75, 3.05) is 38.7 Å². The molecule has 14 heteroatoms. The Morgan fingerprint density at radius 3 is 0.932 bits per heavy atom. The quantitative estimate of drug-likeness (QED) is 0.0691. The van der Waals surface area contributed by atoms with E-state index in [4.69, 9.17) is 0 Å². The maximum atomic E-state index is 11.7. The summed E-state index contributed by atoms with van der Waals surface area (Å²) < 4.78 is 62.9. The molecule has 10 nitrogen and oxygen atoms in total. The fourth-order valence-electron chi connectivity index (χ4n) is 4.30. The maximum Gasteiger partial charge on any atom is 1.00 e. The Kier molecular flexibility index (Phi) is 39.5.